The van der Waals surface area contributed by atoms with Crippen molar-refractivity contribution in [1.29, 1.82) is 10.8 Å². The molecule has 0 saturated carbocycles. The summed E-state index contributed by atoms with van der Waals surface area (Å²) in [5, 5.41) is 27.1. The van der Waals surface area contributed by atoms with E-state index in [1.165, 1.54) is 14.0 Å². The molecule has 0 aliphatic carbocycles. The number of rotatable bonds is 12. The summed E-state index contributed by atoms with van der Waals surface area (Å²) in [6.07, 6.45) is 1.65. The first kappa shape index (κ1) is 23.9. The minimum absolute atomic E-state index is 0.166. The number of nitrogens with one attached hydrogen (secondary N) is 7. The standard InChI is InChI=1S/C15H31N9O3/c1-9(25)23-11(6-4-8-22-15(18)19)13(27)24-10(12(26)20-2)5-3-7-21-14(16)17/h10-11H,3-8H2,1-2H3,(H,20,26)(H,23,25)(H,24,27)(H4,16,17,21)(H4,18,19,22)/t10-,11?/m0/s1. The molecule has 3 amide bonds. The average Bonchev–Trinajstić information content (AvgIpc) is 2.58. The lowest BCUT2D eigenvalue weighted by atomic mass is 10.1. The lowest BCUT2D eigenvalue weighted by molar-refractivity contribution is -0.131. The Hall–Kier alpha value is -3.05. The highest BCUT2D eigenvalue weighted by atomic mass is 16.2. The van der Waals surface area contributed by atoms with Crippen molar-refractivity contribution >= 4 is 29.6 Å². The predicted octanol–water partition coefficient (Wildman–Crippen LogP) is -2.75. The van der Waals surface area contributed by atoms with E-state index in [-0.39, 0.29) is 23.7 Å². The number of carbonyl (C=O) groups is 3. The van der Waals surface area contributed by atoms with Crippen molar-refractivity contribution in [1.82, 2.24) is 26.6 Å². The van der Waals surface area contributed by atoms with E-state index < -0.39 is 18.0 Å². The summed E-state index contributed by atoms with van der Waals surface area (Å²) in [4.78, 5) is 35.9. The van der Waals surface area contributed by atoms with Crippen LogP contribution < -0.4 is 38.1 Å². The molecular weight excluding hydrogens is 354 g/mol. The highest BCUT2D eigenvalue weighted by Crippen LogP contribution is 2.02. The molecule has 0 fully saturated rings. The number of likely N-dealkylation sites (N-methyl/N-ethyl adjacent to an activating group) is 1. The van der Waals surface area contributed by atoms with Crippen LogP contribution >= 0.6 is 0 Å². The molecule has 0 aliphatic rings. The summed E-state index contributed by atoms with van der Waals surface area (Å²) in [5.41, 5.74) is 10.4. The van der Waals surface area contributed by atoms with E-state index in [1.54, 1.807) is 0 Å². The molecule has 154 valence electrons. The minimum Gasteiger partial charge on any atom is -0.370 e. The van der Waals surface area contributed by atoms with Gasteiger partial charge in [-0.3, -0.25) is 25.2 Å². The van der Waals surface area contributed by atoms with Crippen LogP contribution in [0.15, 0.2) is 0 Å². The van der Waals surface area contributed by atoms with Crippen LogP contribution in [-0.2, 0) is 14.4 Å². The molecule has 12 nitrogen and oxygen atoms in total. The normalized spacial score (nSPS) is 12.2. The van der Waals surface area contributed by atoms with Gasteiger partial charge >= 0.3 is 0 Å². The summed E-state index contributed by atoms with van der Waals surface area (Å²) in [6, 6.07) is -1.58. The Kier molecular flexibility index (Phi) is 11.7. The average molecular weight is 385 g/mol. The second kappa shape index (κ2) is 13.2. The van der Waals surface area contributed by atoms with Gasteiger partial charge in [-0.2, -0.15) is 0 Å². The molecule has 0 saturated heterocycles. The maximum Gasteiger partial charge on any atom is 0.243 e. The number of amides is 3. The van der Waals surface area contributed by atoms with E-state index in [0.717, 1.165) is 0 Å². The summed E-state index contributed by atoms with van der Waals surface area (Å²) >= 11 is 0. The molecule has 27 heavy (non-hydrogen) atoms. The van der Waals surface area contributed by atoms with Crippen LogP contribution in [0.3, 0.4) is 0 Å². The number of carbonyl (C=O) groups excluding carboxylic acids is 3. The van der Waals surface area contributed by atoms with Crippen LogP contribution in [0.1, 0.15) is 32.6 Å². The van der Waals surface area contributed by atoms with Crippen LogP contribution in [0, 0.1) is 10.8 Å². The van der Waals surface area contributed by atoms with Crippen molar-refractivity contribution in [2.75, 3.05) is 20.1 Å². The first-order chi connectivity index (χ1) is 12.7. The summed E-state index contributed by atoms with van der Waals surface area (Å²) in [7, 11) is 1.47. The molecule has 0 aliphatic heterocycles. The lowest BCUT2D eigenvalue weighted by Gasteiger charge is -2.22. The fraction of sp³-hybridized carbons (Fsp3) is 0.667. The molecule has 12 heteroatoms. The molecule has 0 aromatic heterocycles. The zero-order valence-electron chi connectivity index (χ0n) is 15.8. The first-order valence-corrected chi connectivity index (χ1v) is 8.62. The molecule has 0 aromatic rings. The van der Waals surface area contributed by atoms with Gasteiger partial charge in [0.05, 0.1) is 0 Å². The molecule has 1 unspecified atom stereocenters. The van der Waals surface area contributed by atoms with Crippen LogP contribution in [0.4, 0.5) is 0 Å². The molecule has 2 atom stereocenters. The number of guanidine groups is 2. The van der Waals surface area contributed by atoms with Gasteiger partial charge in [0.2, 0.25) is 17.7 Å². The van der Waals surface area contributed by atoms with Crippen molar-refractivity contribution in [2.45, 2.75) is 44.7 Å². The Balaban J connectivity index is 4.75. The number of hydrogen-bond acceptors (Lipinski definition) is 5. The van der Waals surface area contributed by atoms with Gasteiger partial charge in [-0.15, -0.1) is 0 Å². The smallest absolute Gasteiger partial charge is 0.243 e. The molecule has 0 bridgehead atoms. The zero-order valence-corrected chi connectivity index (χ0v) is 15.8. The van der Waals surface area contributed by atoms with Crippen molar-refractivity contribution in [3.05, 3.63) is 0 Å². The van der Waals surface area contributed by atoms with Crippen molar-refractivity contribution < 1.29 is 14.4 Å². The van der Waals surface area contributed by atoms with Gasteiger partial charge in [-0.1, -0.05) is 0 Å². The van der Waals surface area contributed by atoms with E-state index in [9.17, 15) is 14.4 Å². The van der Waals surface area contributed by atoms with Gasteiger partial charge in [0.25, 0.3) is 0 Å². The highest BCUT2D eigenvalue weighted by molar-refractivity contribution is 5.91. The van der Waals surface area contributed by atoms with Gasteiger partial charge in [0.1, 0.15) is 12.1 Å². The Morgan fingerprint density at radius 2 is 1.30 bits per heavy atom. The van der Waals surface area contributed by atoms with Crippen molar-refractivity contribution in [3.8, 4) is 0 Å². The van der Waals surface area contributed by atoms with Crippen LogP contribution in [0.25, 0.3) is 0 Å². The van der Waals surface area contributed by atoms with Gasteiger partial charge in [-0.25, -0.2) is 0 Å². The maximum atomic E-state index is 12.5. The van der Waals surface area contributed by atoms with E-state index in [4.69, 9.17) is 22.3 Å². The summed E-state index contributed by atoms with van der Waals surface area (Å²) in [6.45, 7) is 2.08. The van der Waals surface area contributed by atoms with Gasteiger partial charge in [0, 0.05) is 27.1 Å². The number of nitrogens with two attached hydrogens (primary N) is 2. The monoisotopic (exact) mass is 385 g/mol. The zero-order chi connectivity index (χ0) is 20.8. The molecule has 0 spiro atoms. The molecular formula is C15H31N9O3. The highest BCUT2D eigenvalue weighted by Gasteiger charge is 2.25. The third kappa shape index (κ3) is 12.0. The van der Waals surface area contributed by atoms with Crippen molar-refractivity contribution in [2.24, 2.45) is 11.5 Å². The Morgan fingerprint density at radius 1 is 0.852 bits per heavy atom. The van der Waals surface area contributed by atoms with Gasteiger partial charge in [-0.05, 0) is 25.7 Å². The maximum absolute atomic E-state index is 12.5. The van der Waals surface area contributed by atoms with Crippen molar-refractivity contribution in [3.63, 3.8) is 0 Å². The van der Waals surface area contributed by atoms with E-state index in [1.807, 2.05) is 0 Å². The quantitative estimate of drug-likeness (QED) is 0.0980. The van der Waals surface area contributed by atoms with E-state index in [0.29, 0.717) is 38.8 Å². The third-order valence-electron chi connectivity index (χ3n) is 3.54. The Labute approximate surface area is 158 Å². The second-order valence-electron chi connectivity index (χ2n) is 5.89. The van der Waals surface area contributed by atoms with Crippen LogP contribution in [-0.4, -0.2) is 61.9 Å². The molecule has 0 aromatic carbocycles. The molecule has 0 radical (unpaired) electrons. The fourth-order valence-electron chi connectivity index (χ4n) is 2.29. The summed E-state index contributed by atoms with van der Waals surface area (Å²) < 4.78 is 0. The SMILES string of the molecule is CNC(=O)[C@H](CCCNC(=N)N)NC(=O)C(CCCNC(=N)N)NC(C)=O. The Morgan fingerprint density at radius 3 is 1.67 bits per heavy atom. The number of hydrogen-bond donors (Lipinski definition) is 9. The molecule has 11 N–H and O–H groups in total. The molecule has 0 rings (SSSR count). The lowest BCUT2D eigenvalue weighted by Crippen LogP contribution is -2.53. The van der Waals surface area contributed by atoms with Gasteiger partial charge < -0.3 is 38.1 Å². The van der Waals surface area contributed by atoms with E-state index >= 15 is 0 Å². The largest absolute Gasteiger partial charge is 0.370 e. The third-order valence-corrected chi connectivity index (χ3v) is 3.54. The van der Waals surface area contributed by atoms with Crippen LogP contribution in [0.5, 0.6) is 0 Å². The molecule has 0 heterocycles. The second-order valence-corrected chi connectivity index (χ2v) is 5.89. The summed E-state index contributed by atoms with van der Waals surface area (Å²) in [5.74, 6) is -1.53. The van der Waals surface area contributed by atoms with Gasteiger partial charge in [0.15, 0.2) is 11.9 Å². The van der Waals surface area contributed by atoms with E-state index in [2.05, 4.69) is 26.6 Å². The minimum atomic E-state index is -0.807. The first-order valence-electron chi connectivity index (χ1n) is 8.62. The Bertz CT molecular complexity index is 539. The topological polar surface area (TPSA) is 211 Å². The fourth-order valence-corrected chi connectivity index (χ4v) is 2.29. The predicted molar refractivity (Wildman–Crippen MR) is 102 cm³/mol. The van der Waals surface area contributed by atoms with Crippen LogP contribution in [0.2, 0.25) is 0 Å².